The van der Waals surface area contributed by atoms with E-state index in [1.165, 1.54) is 24.5 Å². The highest BCUT2D eigenvalue weighted by molar-refractivity contribution is 6.30. The minimum absolute atomic E-state index is 0.331. The molecule has 7 nitrogen and oxygen atoms in total. The van der Waals surface area contributed by atoms with Crippen molar-refractivity contribution in [3.63, 3.8) is 0 Å². The molecule has 2 aromatic rings. The van der Waals surface area contributed by atoms with Gasteiger partial charge in [0.05, 0.1) is 12.5 Å². The van der Waals surface area contributed by atoms with Gasteiger partial charge in [0, 0.05) is 23.0 Å². The van der Waals surface area contributed by atoms with Crippen molar-refractivity contribution in [1.82, 2.24) is 10.3 Å². The summed E-state index contributed by atoms with van der Waals surface area (Å²) < 4.78 is 5.52. The first-order chi connectivity index (χ1) is 12.5. The topological polar surface area (TPSA) is 109 Å². The molecule has 3 N–H and O–H groups in total. The SMILES string of the molecule is O=C(NC(C(=O)O)C(O)c1ccncc1)C1CCOc2ccc(Cl)cc21. The van der Waals surface area contributed by atoms with Gasteiger partial charge in [-0.05, 0) is 42.3 Å². The zero-order valence-corrected chi connectivity index (χ0v) is 14.4. The summed E-state index contributed by atoms with van der Waals surface area (Å²) in [6.45, 7) is 0.331. The van der Waals surface area contributed by atoms with Gasteiger partial charge >= 0.3 is 5.97 Å². The van der Waals surface area contributed by atoms with Crippen molar-refractivity contribution in [2.75, 3.05) is 6.61 Å². The molecule has 0 bridgehead atoms. The number of hydrogen-bond donors (Lipinski definition) is 3. The Bertz CT molecular complexity index is 814. The number of rotatable bonds is 5. The first-order valence-electron chi connectivity index (χ1n) is 8.01. The van der Waals surface area contributed by atoms with Crippen molar-refractivity contribution >= 4 is 23.5 Å². The average Bonchev–Trinajstić information content (AvgIpc) is 2.65. The lowest BCUT2D eigenvalue weighted by atomic mass is 9.91. The first-order valence-corrected chi connectivity index (χ1v) is 8.38. The standard InChI is InChI=1S/C18H17ClN2O5/c19-11-1-2-14-13(9-11)12(5-8-26-14)17(23)21-15(18(24)25)16(22)10-3-6-20-7-4-10/h1-4,6-7,9,12,15-16,22H,5,8H2,(H,21,23)(H,24,25). The van der Waals surface area contributed by atoms with Gasteiger partial charge in [0.25, 0.3) is 0 Å². The Hall–Kier alpha value is -2.64. The third kappa shape index (κ3) is 3.79. The Morgan fingerprint density at radius 3 is 2.69 bits per heavy atom. The average molecular weight is 377 g/mol. The fourth-order valence-corrected chi connectivity index (χ4v) is 3.10. The first kappa shape index (κ1) is 18.2. The number of amides is 1. The Kier molecular flexibility index (Phi) is 5.39. The molecule has 1 amide bonds. The lowest BCUT2D eigenvalue weighted by Crippen LogP contribution is -2.47. The molecule has 26 heavy (non-hydrogen) atoms. The van der Waals surface area contributed by atoms with Gasteiger partial charge in [-0.3, -0.25) is 9.78 Å². The second kappa shape index (κ2) is 7.72. The van der Waals surface area contributed by atoms with E-state index >= 15 is 0 Å². The molecule has 0 spiro atoms. The second-order valence-electron chi connectivity index (χ2n) is 5.92. The van der Waals surface area contributed by atoms with Gasteiger partial charge in [0.1, 0.15) is 11.9 Å². The van der Waals surface area contributed by atoms with Gasteiger partial charge in [0.15, 0.2) is 6.04 Å². The fraction of sp³-hybridized carbons (Fsp3) is 0.278. The third-order valence-corrected chi connectivity index (χ3v) is 4.49. The van der Waals surface area contributed by atoms with Crippen LogP contribution in [-0.2, 0) is 9.59 Å². The predicted molar refractivity (Wildman–Crippen MR) is 93.1 cm³/mol. The van der Waals surface area contributed by atoms with Gasteiger partial charge in [-0.15, -0.1) is 0 Å². The number of nitrogens with one attached hydrogen (secondary N) is 1. The minimum atomic E-state index is -1.49. The van der Waals surface area contributed by atoms with E-state index in [1.807, 2.05) is 0 Å². The molecule has 0 saturated carbocycles. The molecule has 136 valence electrons. The Labute approximate surface area is 154 Å². The number of carboxylic acids is 1. The largest absolute Gasteiger partial charge is 0.493 e. The van der Waals surface area contributed by atoms with E-state index in [2.05, 4.69) is 10.3 Å². The number of aliphatic hydroxyl groups is 1. The van der Waals surface area contributed by atoms with Crippen LogP contribution < -0.4 is 10.1 Å². The van der Waals surface area contributed by atoms with E-state index < -0.39 is 29.9 Å². The number of carboxylic acid groups (broad SMARTS) is 1. The molecular formula is C18H17ClN2O5. The number of pyridine rings is 1. The molecule has 3 atom stereocenters. The molecule has 0 aliphatic carbocycles. The van der Waals surface area contributed by atoms with E-state index in [-0.39, 0.29) is 0 Å². The minimum Gasteiger partial charge on any atom is -0.493 e. The summed E-state index contributed by atoms with van der Waals surface area (Å²) in [7, 11) is 0. The van der Waals surface area contributed by atoms with Gasteiger partial charge < -0.3 is 20.3 Å². The summed E-state index contributed by atoms with van der Waals surface area (Å²) in [5.74, 6) is -1.90. The number of carbonyl (C=O) groups is 2. The Morgan fingerprint density at radius 1 is 1.27 bits per heavy atom. The molecule has 8 heteroatoms. The fourth-order valence-electron chi connectivity index (χ4n) is 2.92. The molecule has 3 rings (SSSR count). The van der Waals surface area contributed by atoms with Crippen LogP contribution in [0.1, 0.15) is 29.6 Å². The van der Waals surface area contributed by atoms with Crippen molar-refractivity contribution in [1.29, 1.82) is 0 Å². The summed E-state index contributed by atoms with van der Waals surface area (Å²) in [6.07, 6.45) is 1.86. The highest BCUT2D eigenvalue weighted by Crippen LogP contribution is 2.35. The van der Waals surface area contributed by atoms with Crippen molar-refractivity contribution in [2.45, 2.75) is 24.5 Å². The van der Waals surface area contributed by atoms with E-state index in [9.17, 15) is 19.8 Å². The summed E-state index contributed by atoms with van der Waals surface area (Å²) >= 11 is 6.01. The van der Waals surface area contributed by atoms with Crippen LogP contribution in [0.2, 0.25) is 5.02 Å². The number of carbonyl (C=O) groups excluding carboxylic acids is 1. The molecule has 1 aromatic carbocycles. The zero-order valence-electron chi connectivity index (χ0n) is 13.6. The summed E-state index contributed by atoms with van der Waals surface area (Å²) in [6, 6.07) is 6.48. The van der Waals surface area contributed by atoms with Gasteiger partial charge in [-0.25, -0.2) is 4.79 Å². The van der Waals surface area contributed by atoms with E-state index in [1.54, 1.807) is 18.2 Å². The number of hydrogen-bond acceptors (Lipinski definition) is 5. The van der Waals surface area contributed by atoms with Crippen LogP contribution in [-0.4, -0.2) is 39.7 Å². The van der Waals surface area contributed by atoms with Crippen LogP contribution in [0.4, 0.5) is 0 Å². The smallest absolute Gasteiger partial charge is 0.329 e. The summed E-state index contributed by atoms with van der Waals surface area (Å²) in [5, 5.41) is 22.7. The number of fused-ring (bicyclic) bond motifs is 1. The van der Waals surface area contributed by atoms with Crippen LogP contribution >= 0.6 is 11.6 Å². The number of aliphatic carboxylic acids is 1. The highest BCUT2D eigenvalue weighted by atomic mass is 35.5. The maximum Gasteiger partial charge on any atom is 0.329 e. The highest BCUT2D eigenvalue weighted by Gasteiger charge is 2.34. The van der Waals surface area contributed by atoms with Gasteiger partial charge in [-0.2, -0.15) is 0 Å². The summed E-state index contributed by atoms with van der Waals surface area (Å²) in [5.41, 5.74) is 0.951. The predicted octanol–water partition coefficient (Wildman–Crippen LogP) is 1.90. The van der Waals surface area contributed by atoms with E-state index in [0.29, 0.717) is 34.9 Å². The summed E-state index contributed by atoms with van der Waals surface area (Å²) in [4.78, 5) is 28.1. The Balaban J connectivity index is 1.82. The number of benzene rings is 1. The number of halogens is 1. The lowest BCUT2D eigenvalue weighted by Gasteiger charge is -2.28. The van der Waals surface area contributed by atoms with Crippen LogP contribution in [0.5, 0.6) is 5.75 Å². The molecule has 1 aliphatic heterocycles. The van der Waals surface area contributed by atoms with Crippen molar-refractivity contribution < 1.29 is 24.5 Å². The molecule has 3 unspecified atom stereocenters. The molecular weight excluding hydrogens is 360 g/mol. The third-order valence-electron chi connectivity index (χ3n) is 4.26. The number of aliphatic hydroxyl groups excluding tert-OH is 1. The van der Waals surface area contributed by atoms with E-state index in [4.69, 9.17) is 16.3 Å². The van der Waals surface area contributed by atoms with Crippen LogP contribution in [0.25, 0.3) is 0 Å². The van der Waals surface area contributed by atoms with Crippen LogP contribution in [0.15, 0.2) is 42.7 Å². The molecule has 1 aromatic heterocycles. The maximum atomic E-state index is 12.7. The Morgan fingerprint density at radius 2 is 2.00 bits per heavy atom. The van der Waals surface area contributed by atoms with Gasteiger partial charge in [0.2, 0.25) is 5.91 Å². The lowest BCUT2D eigenvalue weighted by molar-refractivity contribution is -0.145. The second-order valence-corrected chi connectivity index (χ2v) is 6.36. The van der Waals surface area contributed by atoms with Crippen LogP contribution in [0.3, 0.4) is 0 Å². The number of ether oxygens (including phenoxy) is 1. The normalized spacial score (nSPS) is 18.2. The molecule has 0 radical (unpaired) electrons. The van der Waals surface area contributed by atoms with Gasteiger partial charge in [-0.1, -0.05) is 11.6 Å². The maximum absolute atomic E-state index is 12.7. The number of aromatic nitrogens is 1. The zero-order chi connectivity index (χ0) is 18.7. The van der Waals surface area contributed by atoms with Crippen molar-refractivity contribution in [3.05, 3.63) is 58.9 Å². The van der Waals surface area contributed by atoms with Crippen molar-refractivity contribution in [2.24, 2.45) is 0 Å². The van der Waals surface area contributed by atoms with E-state index in [0.717, 1.165) is 0 Å². The monoisotopic (exact) mass is 376 g/mol. The molecule has 1 aliphatic rings. The molecule has 0 fully saturated rings. The molecule has 0 saturated heterocycles. The number of nitrogens with zero attached hydrogens (tertiary/aromatic N) is 1. The quantitative estimate of drug-likeness (QED) is 0.735. The van der Waals surface area contributed by atoms with Crippen molar-refractivity contribution in [3.8, 4) is 5.75 Å². The van der Waals surface area contributed by atoms with Crippen LogP contribution in [0, 0.1) is 0 Å². The molecule has 2 heterocycles.